The Morgan fingerprint density at radius 3 is 1.97 bits per heavy atom. The van der Waals surface area contributed by atoms with Crippen molar-refractivity contribution in [3.63, 3.8) is 0 Å². The van der Waals surface area contributed by atoms with Gasteiger partial charge in [-0.15, -0.1) is 0 Å². The molecule has 3 aromatic heterocycles. The molecule has 14 rings (SSSR count). The third-order valence-electron chi connectivity index (χ3n) is 15.3. The molecule has 1 aliphatic carbocycles. The minimum Gasteiger partial charge on any atom is -0.456 e. The summed E-state index contributed by atoms with van der Waals surface area (Å²) in [6.45, 7) is 18.5. The number of anilines is 2. The normalized spacial score (nSPS) is 14.9. The molecule has 4 nitrogen and oxygen atoms in total. The van der Waals surface area contributed by atoms with Crippen molar-refractivity contribution < 1.29 is 8.83 Å². The maximum absolute atomic E-state index is 7.24. The summed E-state index contributed by atoms with van der Waals surface area (Å²) in [5.41, 5.74) is 22.4. The molecule has 8 aromatic carbocycles. The summed E-state index contributed by atoms with van der Waals surface area (Å²) in [6, 6.07) is 52.6. The van der Waals surface area contributed by atoms with Crippen LogP contribution in [-0.2, 0) is 16.2 Å². The molecule has 0 amide bonds. The van der Waals surface area contributed by atoms with Gasteiger partial charge < -0.3 is 18.2 Å². The molecule has 0 bridgehead atoms. The van der Waals surface area contributed by atoms with Gasteiger partial charge in [-0.05, 0) is 109 Å². The van der Waals surface area contributed by atoms with Gasteiger partial charge in [0.15, 0.2) is 0 Å². The highest BCUT2D eigenvalue weighted by Gasteiger charge is 2.48. The van der Waals surface area contributed by atoms with Crippen molar-refractivity contribution in [1.82, 2.24) is 4.57 Å². The number of benzene rings is 8. The third kappa shape index (κ3) is 4.49. The summed E-state index contributed by atoms with van der Waals surface area (Å²) in [4.78, 5) is 2.64. The zero-order valence-corrected chi connectivity index (χ0v) is 37.6. The lowest BCUT2D eigenvalue weighted by molar-refractivity contribution is 0.590. The molecule has 0 unspecified atom stereocenters. The third-order valence-corrected chi connectivity index (χ3v) is 15.3. The Balaban J connectivity index is 1.23. The SMILES string of the molecule is CC(C)(C)c1ccc(N2B3c4cc5c(cc4-n4c6ccc(C(C)(C)C)cc6c6c7oc8ccccc8c7c(c3c64)-c3cc4c(cc32)oc2ccccc24)C(C)(C)c2ccccc2-5)cc1. The first-order chi connectivity index (χ1) is 30.8. The number of aromatic nitrogens is 1. The highest BCUT2D eigenvalue weighted by molar-refractivity contribution is 6.94. The molecule has 0 atom stereocenters. The lowest BCUT2D eigenvalue weighted by Gasteiger charge is -2.42. The van der Waals surface area contributed by atoms with Gasteiger partial charge in [0.1, 0.15) is 22.3 Å². The fourth-order valence-electron chi connectivity index (χ4n) is 12.1. The van der Waals surface area contributed by atoms with Gasteiger partial charge in [-0.3, -0.25) is 0 Å². The van der Waals surface area contributed by atoms with Crippen LogP contribution < -0.4 is 15.7 Å². The first kappa shape index (κ1) is 36.5. The van der Waals surface area contributed by atoms with Crippen LogP contribution in [0, 0.1) is 0 Å². The molecule has 2 aliphatic heterocycles. The monoisotopic (exact) mass is 826 g/mol. The van der Waals surface area contributed by atoms with Crippen LogP contribution in [0.2, 0.25) is 0 Å². The molecule has 5 heterocycles. The zero-order chi connectivity index (χ0) is 43.3. The summed E-state index contributed by atoms with van der Waals surface area (Å²) < 4.78 is 16.6. The van der Waals surface area contributed by atoms with E-state index in [-0.39, 0.29) is 23.1 Å². The van der Waals surface area contributed by atoms with Crippen LogP contribution >= 0.6 is 0 Å². The fourth-order valence-corrected chi connectivity index (χ4v) is 12.1. The second-order valence-electron chi connectivity index (χ2n) is 21.3. The molecule has 11 aromatic rings. The van der Waals surface area contributed by atoms with Crippen LogP contribution in [0.5, 0.6) is 0 Å². The lowest BCUT2D eigenvalue weighted by Crippen LogP contribution is -2.60. The average Bonchev–Trinajstić information content (AvgIpc) is 4.01. The molecule has 0 N–H and O–H groups in total. The quantitative estimate of drug-likeness (QED) is 0.155. The van der Waals surface area contributed by atoms with Gasteiger partial charge in [-0.1, -0.05) is 140 Å². The van der Waals surface area contributed by atoms with Crippen LogP contribution in [0.4, 0.5) is 11.4 Å². The van der Waals surface area contributed by atoms with Gasteiger partial charge in [-0.2, -0.15) is 0 Å². The number of hydrogen-bond acceptors (Lipinski definition) is 3. The number of fused-ring (bicyclic) bond motifs is 19. The van der Waals surface area contributed by atoms with Crippen molar-refractivity contribution >= 4 is 94.8 Å². The Morgan fingerprint density at radius 1 is 0.516 bits per heavy atom. The second-order valence-corrected chi connectivity index (χ2v) is 21.3. The number of nitrogens with zero attached hydrogens (tertiary/aromatic N) is 2. The highest BCUT2D eigenvalue weighted by atomic mass is 16.3. The smallest absolute Gasteiger partial charge is 0.333 e. The average molecular weight is 827 g/mol. The molecule has 3 aliphatic rings. The Labute approximate surface area is 372 Å². The Hall–Kier alpha value is -6.98. The van der Waals surface area contributed by atoms with Gasteiger partial charge in [-0.25, -0.2) is 0 Å². The minimum absolute atomic E-state index is 0.0104. The van der Waals surface area contributed by atoms with Gasteiger partial charge in [0.25, 0.3) is 0 Å². The molecule has 308 valence electrons. The van der Waals surface area contributed by atoms with E-state index in [1.54, 1.807) is 0 Å². The maximum atomic E-state index is 7.24. The van der Waals surface area contributed by atoms with Crippen LogP contribution in [0.1, 0.15) is 77.6 Å². The van der Waals surface area contributed by atoms with E-state index in [1.165, 1.54) is 88.3 Å². The molecule has 5 heteroatoms. The molecule has 0 spiro atoms. The van der Waals surface area contributed by atoms with E-state index in [0.29, 0.717) is 0 Å². The van der Waals surface area contributed by atoms with Crippen molar-refractivity contribution in [2.75, 3.05) is 4.81 Å². The van der Waals surface area contributed by atoms with Crippen LogP contribution in [0.3, 0.4) is 0 Å². The lowest BCUT2D eigenvalue weighted by atomic mass is 9.43. The molecule has 0 fully saturated rings. The second kappa shape index (κ2) is 11.8. The summed E-state index contributed by atoms with van der Waals surface area (Å²) in [7, 11) is 0. The Bertz CT molecular complexity index is 3900. The molecular formula is C59H47BN2O2. The van der Waals surface area contributed by atoms with E-state index in [2.05, 4.69) is 204 Å². The summed E-state index contributed by atoms with van der Waals surface area (Å²) in [5, 5.41) is 6.97. The number of furan rings is 2. The van der Waals surface area contributed by atoms with Gasteiger partial charge in [0.2, 0.25) is 0 Å². The van der Waals surface area contributed by atoms with E-state index in [9.17, 15) is 0 Å². The Kier molecular flexibility index (Phi) is 6.72. The van der Waals surface area contributed by atoms with E-state index >= 15 is 0 Å². The van der Waals surface area contributed by atoms with E-state index in [1.807, 2.05) is 0 Å². The molecule has 64 heavy (non-hydrogen) atoms. The van der Waals surface area contributed by atoms with Crippen molar-refractivity contribution in [2.45, 2.75) is 71.6 Å². The van der Waals surface area contributed by atoms with Crippen molar-refractivity contribution in [1.29, 1.82) is 0 Å². The van der Waals surface area contributed by atoms with Crippen molar-refractivity contribution in [2.24, 2.45) is 0 Å². The minimum atomic E-state index is -0.180. The summed E-state index contributed by atoms with van der Waals surface area (Å²) in [6.07, 6.45) is 0. The van der Waals surface area contributed by atoms with Gasteiger partial charge in [0, 0.05) is 61.0 Å². The highest BCUT2D eigenvalue weighted by Crippen LogP contribution is 2.55. The first-order valence-corrected chi connectivity index (χ1v) is 22.9. The Morgan fingerprint density at radius 2 is 1.20 bits per heavy atom. The van der Waals surface area contributed by atoms with Gasteiger partial charge in [0.05, 0.1) is 16.4 Å². The predicted molar refractivity (Wildman–Crippen MR) is 269 cm³/mol. The summed E-state index contributed by atoms with van der Waals surface area (Å²) >= 11 is 0. The zero-order valence-electron chi connectivity index (χ0n) is 37.6. The van der Waals surface area contributed by atoms with Crippen molar-refractivity contribution in [3.8, 4) is 27.9 Å². The number of para-hydroxylation sites is 2. The standard InChI is InChI=1S/C59H47BN2O2/c1-57(2,3)32-21-24-34(25-22-32)62-46-31-50-39(36-16-10-13-19-48(36)63-50)28-41(46)51-52-37-17-11-14-20-49(37)64-56(52)53-40-27-33(58(4,5)6)23-26-45(40)61-47-30-43-38(29-44(47)60(62)54(51)55(53)61)35-15-9-12-18-42(35)59(43,7)8/h9-31H,1-8H3. The number of hydrogen-bond donors (Lipinski definition) is 0. The molecular weight excluding hydrogens is 779 g/mol. The van der Waals surface area contributed by atoms with Gasteiger partial charge >= 0.3 is 6.85 Å². The molecule has 0 saturated carbocycles. The largest absolute Gasteiger partial charge is 0.456 e. The van der Waals surface area contributed by atoms with E-state index in [0.717, 1.165) is 49.9 Å². The number of rotatable bonds is 1. The fraction of sp³-hybridized carbons (Fsp3) is 0.186. The predicted octanol–water partition coefficient (Wildman–Crippen LogP) is 14.7. The van der Waals surface area contributed by atoms with E-state index < -0.39 is 0 Å². The van der Waals surface area contributed by atoms with Crippen molar-refractivity contribution in [3.05, 3.63) is 162 Å². The summed E-state index contributed by atoms with van der Waals surface area (Å²) in [5.74, 6) is 0. The van der Waals surface area contributed by atoms with Crippen LogP contribution in [-0.4, -0.2) is 11.4 Å². The molecule has 0 radical (unpaired) electrons. The van der Waals surface area contributed by atoms with E-state index in [4.69, 9.17) is 8.83 Å². The molecule has 0 saturated heterocycles. The first-order valence-electron chi connectivity index (χ1n) is 22.9. The topological polar surface area (TPSA) is 34.5 Å². The maximum Gasteiger partial charge on any atom is 0.333 e. The van der Waals surface area contributed by atoms with Crippen LogP contribution in [0.25, 0.3) is 93.6 Å². The van der Waals surface area contributed by atoms with Crippen LogP contribution in [0.15, 0.2) is 148 Å².